The molecular weight excluding hydrogens is 229 g/mol. The third-order valence-electron chi connectivity index (χ3n) is 2.81. The maximum absolute atomic E-state index is 12.4. The maximum Gasteiger partial charge on any atom is 0.115 e. The molecule has 2 aromatic carbocycles. The van der Waals surface area contributed by atoms with Crippen LogP contribution in [-0.4, -0.2) is 5.11 Å². The zero-order valence-corrected chi connectivity index (χ0v) is 9.68. The quantitative estimate of drug-likeness (QED) is 0.897. The van der Waals surface area contributed by atoms with Crippen LogP contribution < -0.4 is 0 Å². The molecule has 1 unspecified atom stereocenters. The number of halogens is 1. The molecule has 0 aliphatic carbocycles. The SMILES string of the molecule is N#Cc1ccc(C(O)c2ccc(CF)cc2)cc1. The fourth-order valence-corrected chi connectivity index (χ4v) is 1.72. The highest BCUT2D eigenvalue weighted by Gasteiger charge is 2.10. The normalized spacial score (nSPS) is 11.8. The Morgan fingerprint density at radius 2 is 1.50 bits per heavy atom. The van der Waals surface area contributed by atoms with Gasteiger partial charge in [-0.15, -0.1) is 0 Å². The van der Waals surface area contributed by atoms with Gasteiger partial charge in [-0.05, 0) is 28.8 Å². The van der Waals surface area contributed by atoms with Crippen LogP contribution in [0.15, 0.2) is 48.5 Å². The van der Waals surface area contributed by atoms with Gasteiger partial charge in [-0.25, -0.2) is 4.39 Å². The molecular formula is C15H12FNO. The van der Waals surface area contributed by atoms with E-state index in [0.29, 0.717) is 22.3 Å². The van der Waals surface area contributed by atoms with Crippen molar-refractivity contribution in [1.82, 2.24) is 0 Å². The van der Waals surface area contributed by atoms with Crippen molar-refractivity contribution in [2.75, 3.05) is 0 Å². The van der Waals surface area contributed by atoms with Gasteiger partial charge in [0.25, 0.3) is 0 Å². The molecule has 0 saturated carbocycles. The van der Waals surface area contributed by atoms with Gasteiger partial charge >= 0.3 is 0 Å². The molecule has 0 aromatic heterocycles. The summed E-state index contributed by atoms with van der Waals surface area (Å²) in [6.07, 6.45) is -0.758. The molecule has 0 radical (unpaired) electrons. The summed E-state index contributed by atoms with van der Waals surface area (Å²) in [6, 6.07) is 15.5. The number of nitrogens with zero attached hydrogens (tertiary/aromatic N) is 1. The summed E-state index contributed by atoms with van der Waals surface area (Å²) in [5.41, 5.74) is 2.56. The molecule has 1 N–H and O–H groups in total. The Labute approximate surface area is 105 Å². The van der Waals surface area contributed by atoms with Gasteiger partial charge in [0.15, 0.2) is 0 Å². The van der Waals surface area contributed by atoms with Gasteiger partial charge in [-0.2, -0.15) is 5.26 Å². The maximum atomic E-state index is 12.4. The van der Waals surface area contributed by atoms with Gasteiger partial charge in [0, 0.05) is 0 Å². The van der Waals surface area contributed by atoms with Crippen molar-refractivity contribution in [2.24, 2.45) is 0 Å². The summed E-state index contributed by atoms with van der Waals surface area (Å²) in [7, 11) is 0. The van der Waals surface area contributed by atoms with Crippen LogP contribution in [0.25, 0.3) is 0 Å². The van der Waals surface area contributed by atoms with E-state index in [9.17, 15) is 9.50 Å². The van der Waals surface area contributed by atoms with E-state index in [2.05, 4.69) is 0 Å². The molecule has 2 rings (SSSR count). The lowest BCUT2D eigenvalue weighted by Gasteiger charge is -2.11. The molecule has 0 fully saturated rings. The molecule has 90 valence electrons. The van der Waals surface area contributed by atoms with E-state index in [0.717, 1.165) is 0 Å². The van der Waals surface area contributed by atoms with Crippen molar-refractivity contribution in [3.8, 4) is 6.07 Å². The monoisotopic (exact) mass is 241 g/mol. The molecule has 0 heterocycles. The van der Waals surface area contributed by atoms with Crippen LogP contribution in [0, 0.1) is 11.3 Å². The Kier molecular flexibility index (Phi) is 3.71. The van der Waals surface area contributed by atoms with Crippen LogP contribution in [0.3, 0.4) is 0 Å². The smallest absolute Gasteiger partial charge is 0.115 e. The first-order chi connectivity index (χ1) is 8.74. The average molecular weight is 241 g/mol. The highest BCUT2D eigenvalue weighted by molar-refractivity contribution is 5.36. The second-order valence-electron chi connectivity index (χ2n) is 4.01. The molecule has 2 aromatic rings. The summed E-state index contributed by atoms with van der Waals surface area (Å²) in [5, 5.41) is 18.8. The van der Waals surface area contributed by atoms with E-state index < -0.39 is 12.8 Å². The molecule has 0 aliphatic heterocycles. The lowest BCUT2D eigenvalue weighted by atomic mass is 10.00. The van der Waals surface area contributed by atoms with Crippen molar-refractivity contribution < 1.29 is 9.50 Å². The van der Waals surface area contributed by atoms with E-state index in [1.54, 1.807) is 48.5 Å². The van der Waals surface area contributed by atoms with Crippen LogP contribution in [0.4, 0.5) is 4.39 Å². The Hall–Kier alpha value is -2.18. The van der Waals surface area contributed by atoms with Gasteiger partial charge in [0.05, 0.1) is 11.6 Å². The first-order valence-electron chi connectivity index (χ1n) is 5.57. The zero-order chi connectivity index (χ0) is 13.0. The third-order valence-corrected chi connectivity index (χ3v) is 2.81. The van der Waals surface area contributed by atoms with Crippen LogP contribution in [0.5, 0.6) is 0 Å². The topological polar surface area (TPSA) is 44.0 Å². The number of alkyl halides is 1. The summed E-state index contributed by atoms with van der Waals surface area (Å²) in [6.45, 7) is -0.507. The Bertz CT molecular complexity index is 555. The Morgan fingerprint density at radius 3 is 1.94 bits per heavy atom. The van der Waals surface area contributed by atoms with Crippen molar-refractivity contribution in [3.05, 3.63) is 70.8 Å². The molecule has 3 heteroatoms. The molecule has 0 aliphatic rings. The lowest BCUT2D eigenvalue weighted by Crippen LogP contribution is -1.99. The first-order valence-corrected chi connectivity index (χ1v) is 5.57. The minimum absolute atomic E-state index is 0.507. The average Bonchev–Trinajstić information content (AvgIpc) is 2.47. The van der Waals surface area contributed by atoms with Gasteiger partial charge < -0.3 is 5.11 Å². The largest absolute Gasteiger partial charge is 0.384 e. The molecule has 2 nitrogen and oxygen atoms in total. The molecule has 0 saturated heterocycles. The van der Waals surface area contributed by atoms with Crippen molar-refractivity contribution >= 4 is 0 Å². The minimum Gasteiger partial charge on any atom is -0.384 e. The zero-order valence-electron chi connectivity index (χ0n) is 9.68. The van der Waals surface area contributed by atoms with Crippen molar-refractivity contribution in [2.45, 2.75) is 12.8 Å². The van der Waals surface area contributed by atoms with Gasteiger partial charge in [-0.1, -0.05) is 36.4 Å². The van der Waals surface area contributed by atoms with Gasteiger partial charge in [0.1, 0.15) is 12.8 Å². The Balaban J connectivity index is 2.23. The number of hydrogen-bond donors (Lipinski definition) is 1. The Morgan fingerprint density at radius 1 is 1.00 bits per heavy atom. The third kappa shape index (κ3) is 2.55. The second-order valence-corrected chi connectivity index (χ2v) is 4.01. The second kappa shape index (κ2) is 5.44. The lowest BCUT2D eigenvalue weighted by molar-refractivity contribution is 0.220. The fourth-order valence-electron chi connectivity index (χ4n) is 1.72. The van der Waals surface area contributed by atoms with Crippen LogP contribution in [0.1, 0.15) is 28.4 Å². The highest BCUT2D eigenvalue weighted by Crippen LogP contribution is 2.22. The van der Waals surface area contributed by atoms with E-state index in [1.807, 2.05) is 6.07 Å². The number of benzene rings is 2. The number of rotatable bonds is 3. The van der Waals surface area contributed by atoms with Gasteiger partial charge in [0.2, 0.25) is 0 Å². The summed E-state index contributed by atoms with van der Waals surface area (Å²) in [5.74, 6) is 0. The number of hydrogen-bond acceptors (Lipinski definition) is 2. The van der Waals surface area contributed by atoms with E-state index in [4.69, 9.17) is 5.26 Å². The standard InChI is InChI=1S/C15H12FNO/c16-9-11-1-5-13(6-2-11)15(18)14-7-3-12(10-17)4-8-14/h1-8,15,18H,9H2. The predicted molar refractivity (Wildman–Crippen MR) is 66.5 cm³/mol. The van der Waals surface area contributed by atoms with E-state index in [-0.39, 0.29) is 0 Å². The fraction of sp³-hybridized carbons (Fsp3) is 0.133. The predicted octanol–water partition coefficient (Wildman–Crippen LogP) is 3.11. The summed E-state index contributed by atoms with van der Waals surface area (Å²) in [4.78, 5) is 0. The summed E-state index contributed by atoms with van der Waals surface area (Å²) >= 11 is 0. The van der Waals surface area contributed by atoms with Crippen LogP contribution in [0.2, 0.25) is 0 Å². The van der Waals surface area contributed by atoms with Crippen LogP contribution in [-0.2, 0) is 6.67 Å². The van der Waals surface area contributed by atoms with E-state index >= 15 is 0 Å². The van der Waals surface area contributed by atoms with E-state index in [1.165, 1.54) is 0 Å². The van der Waals surface area contributed by atoms with Crippen molar-refractivity contribution in [3.63, 3.8) is 0 Å². The molecule has 1 atom stereocenters. The first kappa shape index (κ1) is 12.3. The molecule has 0 bridgehead atoms. The molecule has 18 heavy (non-hydrogen) atoms. The number of nitriles is 1. The van der Waals surface area contributed by atoms with Gasteiger partial charge in [-0.3, -0.25) is 0 Å². The summed E-state index contributed by atoms with van der Waals surface area (Å²) < 4.78 is 12.4. The minimum atomic E-state index is -0.758. The number of aliphatic hydroxyl groups is 1. The number of aliphatic hydroxyl groups excluding tert-OH is 1. The van der Waals surface area contributed by atoms with Crippen molar-refractivity contribution in [1.29, 1.82) is 5.26 Å². The molecule has 0 spiro atoms. The molecule has 0 amide bonds. The highest BCUT2D eigenvalue weighted by atomic mass is 19.1. The van der Waals surface area contributed by atoms with Crippen LogP contribution >= 0.6 is 0 Å².